The molecule has 9 heteroatoms. The largest absolute Gasteiger partial charge is 0.383 e. The van der Waals surface area contributed by atoms with Crippen LogP contribution >= 0.6 is 11.6 Å². The number of ether oxygens (including phenoxy) is 3. The minimum Gasteiger partial charge on any atom is -0.383 e. The Bertz CT molecular complexity index is 1150. The van der Waals surface area contributed by atoms with Crippen molar-refractivity contribution in [3.05, 3.63) is 35.5 Å². The van der Waals surface area contributed by atoms with E-state index in [9.17, 15) is 0 Å². The zero-order chi connectivity index (χ0) is 26.5. The topological polar surface area (TPSA) is 83.1 Å². The van der Waals surface area contributed by atoms with Crippen molar-refractivity contribution in [1.82, 2.24) is 10.3 Å². The van der Waals surface area contributed by atoms with Crippen LogP contribution in [0.3, 0.4) is 0 Å². The summed E-state index contributed by atoms with van der Waals surface area (Å²) in [5, 5.41) is 8.84. The molecule has 9 atom stereocenters. The minimum absolute atomic E-state index is 0.184. The van der Waals surface area contributed by atoms with Crippen LogP contribution in [0.25, 0.3) is 10.9 Å². The highest BCUT2D eigenvalue weighted by molar-refractivity contribution is 6.31. The Labute approximate surface area is 230 Å². The maximum Gasteiger partial charge on any atom is 0.201 e. The maximum absolute atomic E-state index is 6.51. The van der Waals surface area contributed by atoms with E-state index in [0.29, 0.717) is 23.5 Å². The number of fused-ring (bicyclic) bond motifs is 3. The molecule has 1 unspecified atom stereocenters. The summed E-state index contributed by atoms with van der Waals surface area (Å²) in [6, 6.07) is 8.02. The molecule has 0 radical (unpaired) electrons. The maximum atomic E-state index is 6.51. The van der Waals surface area contributed by atoms with Crippen molar-refractivity contribution < 1.29 is 24.0 Å². The third-order valence-corrected chi connectivity index (χ3v) is 9.51. The number of anilines is 1. The van der Waals surface area contributed by atoms with E-state index < -0.39 is 17.7 Å². The van der Waals surface area contributed by atoms with Gasteiger partial charge in [-0.1, -0.05) is 25.4 Å². The summed E-state index contributed by atoms with van der Waals surface area (Å²) >= 11 is 6.12. The van der Waals surface area contributed by atoms with Gasteiger partial charge in [-0.3, -0.25) is 4.98 Å². The monoisotopic (exact) mass is 545 g/mol. The number of pyridine rings is 1. The van der Waals surface area contributed by atoms with Crippen LogP contribution in [0.1, 0.15) is 53.4 Å². The third-order valence-electron chi connectivity index (χ3n) is 9.28. The molecule has 1 saturated carbocycles. The summed E-state index contributed by atoms with van der Waals surface area (Å²) in [5.41, 5.74) is 1.39. The van der Waals surface area contributed by atoms with Crippen molar-refractivity contribution in [2.24, 2.45) is 23.7 Å². The molecular weight excluding hydrogens is 506 g/mol. The summed E-state index contributed by atoms with van der Waals surface area (Å²) in [5.74, 6) is 0.610. The molecule has 2 N–H and O–H groups in total. The van der Waals surface area contributed by atoms with E-state index in [2.05, 4.69) is 36.4 Å². The van der Waals surface area contributed by atoms with E-state index in [1.807, 2.05) is 31.2 Å². The normalized spacial score (nSPS) is 39.0. The highest BCUT2D eigenvalue weighted by Crippen LogP contribution is 2.60. The van der Waals surface area contributed by atoms with Gasteiger partial charge >= 0.3 is 0 Å². The first-order valence-electron chi connectivity index (χ1n) is 14.1. The summed E-state index contributed by atoms with van der Waals surface area (Å²) in [4.78, 5) is 16.5. The molecule has 38 heavy (non-hydrogen) atoms. The molecular formula is C29H40ClN3O5. The number of hydrogen-bond acceptors (Lipinski definition) is 8. The van der Waals surface area contributed by atoms with Crippen molar-refractivity contribution in [2.45, 2.75) is 83.4 Å². The highest BCUT2D eigenvalue weighted by atomic mass is 35.5. The Morgan fingerprint density at radius 3 is 2.89 bits per heavy atom. The highest BCUT2D eigenvalue weighted by Gasteiger charge is 2.69. The second kappa shape index (κ2) is 10.5. The molecule has 1 aromatic carbocycles. The van der Waals surface area contributed by atoms with Crippen LogP contribution < -0.4 is 10.6 Å². The Morgan fingerprint density at radius 2 is 2.03 bits per heavy atom. The molecule has 5 fully saturated rings. The number of nitrogens with zero attached hydrogens (tertiary/aromatic N) is 1. The lowest BCUT2D eigenvalue weighted by Gasteiger charge is -2.60. The molecule has 0 amide bonds. The molecule has 208 valence electrons. The summed E-state index contributed by atoms with van der Waals surface area (Å²) in [7, 11) is 0. The van der Waals surface area contributed by atoms with Crippen molar-refractivity contribution in [3.63, 3.8) is 0 Å². The van der Waals surface area contributed by atoms with Crippen LogP contribution in [0.15, 0.2) is 30.5 Å². The predicted molar refractivity (Wildman–Crippen MR) is 145 cm³/mol. The molecule has 4 aliphatic heterocycles. The van der Waals surface area contributed by atoms with E-state index in [4.69, 9.17) is 35.6 Å². The van der Waals surface area contributed by atoms with Gasteiger partial charge in [-0.15, -0.1) is 0 Å². The molecule has 2 bridgehead atoms. The predicted octanol–water partition coefficient (Wildman–Crippen LogP) is 5.50. The second-order valence-corrected chi connectivity index (χ2v) is 12.3. The molecule has 7 rings (SSSR count). The quantitative estimate of drug-likeness (QED) is 0.332. The fourth-order valence-corrected chi connectivity index (χ4v) is 7.32. The van der Waals surface area contributed by atoms with E-state index in [1.54, 1.807) is 6.20 Å². The fourth-order valence-electron chi connectivity index (χ4n) is 7.15. The Balaban J connectivity index is 1.03. The minimum atomic E-state index is -0.765. The van der Waals surface area contributed by atoms with Crippen LogP contribution in [-0.4, -0.2) is 54.7 Å². The average Bonchev–Trinajstić information content (AvgIpc) is 3.13. The Hall–Kier alpha value is -1.52. The van der Waals surface area contributed by atoms with Crippen LogP contribution in [0.5, 0.6) is 0 Å². The van der Waals surface area contributed by atoms with Gasteiger partial charge in [0.2, 0.25) is 5.79 Å². The zero-order valence-corrected chi connectivity index (χ0v) is 23.5. The Morgan fingerprint density at radius 1 is 1.16 bits per heavy atom. The van der Waals surface area contributed by atoms with Crippen LogP contribution in [0.4, 0.5) is 5.69 Å². The van der Waals surface area contributed by atoms with E-state index >= 15 is 0 Å². The molecule has 1 aromatic heterocycles. The van der Waals surface area contributed by atoms with Gasteiger partial charge in [0.05, 0.1) is 12.1 Å². The molecule has 5 aliphatic rings. The van der Waals surface area contributed by atoms with Gasteiger partial charge in [-0.2, -0.15) is 0 Å². The summed E-state index contributed by atoms with van der Waals surface area (Å²) < 4.78 is 19.3. The van der Waals surface area contributed by atoms with Crippen LogP contribution in [0.2, 0.25) is 5.02 Å². The summed E-state index contributed by atoms with van der Waals surface area (Å²) in [6.07, 6.45) is 5.11. The van der Waals surface area contributed by atoms with Crippen molar-refractivity contribution in [1.29, 1.82) is 0 Å². The first-order valence-corrected chi connectivity index (χ1v) is 14.5. The number of nitrogens with one attached hydrogen (secondary N) is 2. The zero-order valence-electron chi connectivity index (χ0n) is 22.7. The van der Waals surface area contributed by atoms with Gasteiger partial charge in [0.1, 0.15) is 0 Å². The van der Waals surface area contributed by atoms with Gasteiger partial charge in [0.25, 0.3) is 0 Å². The number of rotatable bonds is 8. The standard InChI is InChI=1S/C29H40ClN3O5/c1-17-5-8-23-19(3)26(35-27-29(23)22(17)9-11-28(4,36-27)37-38-29)34-14-13-31-18(2)16-33-24-10-12-32-25-15-20(30)6-7-21(24)25/h6-7,10,12,15,17-19,22-23,26-27,31H,5,8-9,11,13-14,16H2,1-4H3,(H,32,33)/t17-,18?,19-,22+,23+,26+,27-,28-,29-/m1/s1. The van der Waals surface area contributed by atoms with Crippen molar-refractivity contribution in [3.8, 4) is 0 Å². The first-order chi connectivity index (χ1) is 18.3. The molecule has 8 nitrogen and oxygen atoms in total. The van der Waals surface area contributed by atoms with Gasteiger partial charge in [-0.25, -0.2) is 9.78 Å². The molecule has 4 saturated heterocycles. The van der Waals surface area contributed by atoms with Crippen LogP contribution in [-0.2, 0) is 24.0 Å². The van der Waals surface area contributed by atoms with Crippen LogP contribution in [0, 0.1) is 23.7 Å². The fraction of sp³-hybridized carbons (Fsp3) is 0.690. The molecule has 1 aliphatic carbocycles. The number of hydrogen-bond donors (Lipinski definition) is 2. The van der Waals surface area contributed by atoms with Crippen molar-refractivity contribution >= 4 is 28.2 Å². The lowest BCUT2D eigenvalue weighted by atomic mass is 9.58. The lowest BCUT2D eigenvalue weighted by Crippen LogP contribution is -2.70. The second-order valence-electron chi connectivity index (χ2n) is 11.9. The first kappa shape index (κ1) is 26.7. The van der Waals surface area contributed by atoms with Gasteiger partial charge in [0.15, 0.2) is 18.2 Å². The van der Waals surface area contributed by atoms with Gasteiger partial charge in [0, 0.05) is 59.7 Å². The smallest absolute Gasteiger partial charge is 0.201 e. The summed E-state index contributed by atoms with van der Waals surface area (Å²) in [6.45, 7) is 10.7. The Kier molecular flexibility index (Phi) is 7.35. The van der Waals surface area contributed by atoms with Gasteiger partial charge < -0.3 is 24.8 Å². The molecule has 1 spiro atoms. The number of aromatic nitrogens is 1. The number of halogens is 1. The number of benzene rings is 1. The third kappa shape index (κ3) is 4.72. The molecule has 5 heterocycles. The van der Waals surface area contributed by atoms with Crippen molar-refractivity contribution in [2.75, 3.05) is 25.0 Å². The van der Waals surface area contributed by atoms with E-state index in [-0.39, 0.29) is 24.2 Å². The average molecular weight is 546 g/mol. The van der Waals surface area contributed by atoms with E-state index in [1.165, 1.54) is 6.42 Å². The SMILES string of the molecule is CC(CNc1ccnc2cc(Cl)ccc12)NCCO[C@H]1O[C@@H]2O[C@@]3(C)CC[C@H]4[C@H](C)CC[C@@H]([C@H]1C)[C@@]24OO3. The lowest BCUT2D eigenvalue weighted by molar-refractivity contribution is -0.577. The molecule has 2 aromatic rings. The van der Waals surface area contributed by atoms with Gasteiger partial charge in [-0.05, 0) is 69.2 Å². The van der Waals surface area contributed by atoms with E-state index in [0.717, 1.165) is 48.9 Å².